The maximum absolute atomic E-state index is 11.2. The average Bonchev–Trinajstić information content (AvgIpc) is 2.27. The van der Waals surface area contributed by atoms with Gasteiger partial charge in [0.15, 0.2) is 0 Å². The van der Waals surface area contributed by atoms with Crippen LogP contribution >= 0.6 is 0 Å². The van der Waals surface area contributed by atoms with Gasteiger partial charge in [-0.05, 0) is 25.8 Å². The van der Waals surface area contributed by atoms with Crippen molar-refractivity contribution in [2.75, 3.05) is 23.7 Å². The van der Waals surface area contributed by atoms with Crippen LogP contribution in [0.2, 0.25) is 0 Å². The topological polar surface area (TPSA) is 105 Å². The quantitative estimate of drug-likeness (QED) is 0.691. The molecular weight excluding hydrogens is 232 g/mol. The summed E-state index contributed by atoms with van der Waals surface area (Å²) in [5.74, 6) is 0.0536. The first-order valence-electron chi connectivity index (χ1n) is 5.92. The van der Waals surface area contributed by atoms with Crippen LogP contribution in [0.3, 0.4) is 0 Å². The fraction of sp³-hybridized carbons (Fsp3) is 0.500. The van der Waals surface area contributed by atoms with Crippen LogP contribution in [0.25, 0.3) is 0 Å². The lowest BCUT2D eigenvalue weighted by Crippen LogP contribution is -2.46. The van der Waals surface area contributed by atoms with E-state index in [4.69, 9.17) is 11.5 Å². The summed E-state index contributed by atoms with van der Waals surface area (Å²) >= 11 is 0. The van der Waals surface area contributed by atoms with Gasteiger partial charge in [0.1, 0.15) is 5.82 Å². The number of hydrogen-bond acceptors (Lipinski definition) is 5. The molecular formula is C12H18N4O2. The highest BCUT2D eigenvalue weighted by Gasteiger charge is 2.29. The molecule has 1 fully saturated rings. The lowest BCUT2D eigenvalue weighted by molar-refractivity contribution is 0.0447. The molecule has 2 rings (SSSR count). The van der Waals surface area contributed by atoms with Gasteiger partial charge in [0.05, 0.1) is 23.0 Å². The number of primary amides is 1. The van der Waals surface area contributed by atoms with Crippen LogP contribution in [0.4, 0.5) is 11.5 Å². The molecule has 6 nitrogen and oxygen atoms in total. The first kappa shape index (κ1) is 12.6. The highest BCUT2D eigenvalue weighted by atomic mass is 16.3. The molecule has 1 aromatic heterocycles. The minimum absolute atomic E-state index is 0.269. The molecule has 2 heterocycles. The molecule has 0 saturated carbocycles. The zero-order chi connectivity index (χ0) is 13.3. The number of pyridine rings is 1. The Labute approximate surface area is 106 Å². The van der Waals surface area contributed by atoms with Crippen LogP contribution < -0.4 is 16.4 Å². The Balaban J connectivity index is 2.28. The second-order valence-electron chi connectivity index (χ2n) is 5.02. The number of nitrogens with zero attached hydrogens (tertiary/aromatic N) is 2. The van der Waals surface area contributed by atoms with E-state index in [0.717, 1.165) is 19.4 Å². The molecule has 1 amide bonds. The maximum Gasteiger partial charge on any atom is 0.250 e. The number of rotatable bonds is 2. The molecule has 1 aliphatic rings. The molecule has 98 valence electrons. The fourth-order valence-corrected chi connectivity index (χ4v) is 2.26. The summed E-state index contributed by atoms with van der Waals surface area (Å²) in [5, 5.41) is 10.1. The number of amides is 1. The van der Waals surface area contributed by atoms with Crippen LogP contribution in [0, 0.1) is 0 Å². The fourth-order valence-electron chi connectivity index (χ4n) is 2.26. The minimum atomic E-state index is -0.728. The van der Waals surface area contributed by atoms with E-state index in [2.05, 4.69) is 4.98 Å². The van der Waals surface area contributed by atoms with Gasteiger partial charge in [0.25, 0.3) is 5.91 Å². The van der Waals surface area contributed by atoms with Crippen LogP contribution in [0.15, 0.2) is 12.3 Å². The summed E-state index contributed by atoms with van der Waals surface area (Å²) in [4.78, 5) is 17.4. The van der Waals surface area contributed by atoms with E-state index >= 15 is 0 Å². The number of nitrogen functional groups attached to an aromatic ring is 1. The number of β-amino-alcohol motifs (C(OH)–C–C–N with tert-alkyl or cyclic N) is 1. The molecule has 0 aromatic carbocycles. The van der Waals surface area contributed by atoms with Crippen molar-refractivity contribution in [3.05, 3.63) is 17.8 Å². The van der Waals surface area contributed by atoms with Crippen molar-refractivity contribution in [1.29, 1.82) is 0 Å². The molecule has 0 spiro atoms. The van der Waals surface area contributed by atoms with Crippen LogP contribution in [0.5, 0.6) is 0 Å². The number of carbonyl (C=O) groups is 1. The number of aliphatic hydroxyl groups is 1. The summed E-state index contributed by atoms with van der Waals surface area (Å²) < 4.78 is 0. The van der Waals surface area contributed by atoms with Crippen molar-refractivity contribution in [2.24, 2.45) is 5.73 Å². The van der Waals surface area contributed by atoms with Crippen molar-refractivity contribution in [3.8, 4) is 0 Å². The second kappa shape index (κ2) is 4.45. The van der Waals surface area contributed by atoms with E-state index in [1.807, 2.05) is 4.90 Å². The molecule has 0 aliphatic carbocycles. The largest absolute Gasteiger partial charge is 0.397 e. The summed E-state index contributed by atoms with van der Waals surface area (Å²) in [7, 11) is 0. The van der Waals surface area contributed by atoms with Crippen molar-refractivity contribution in [2.45, 2.75) is 25.4 Å². The molecule has 1 atom stereocenters. The Morgan fingerprint density at radius 2 is 2.33 bits per heavy atom. The maximum atomic E-state index is 11.2. The number of aromatic nitrogens is 1. The monoisotopic (exact) mass is 250 g/mol. The van der Waals surface area contributed by atoms with Gasteiger partial charge in [-0.25, -0.2) is 4.98 Å². The Bertz CT molecular complexity index is 473. The molecule has 18 heavy (non-hydrogen) atoms. The van der Waals surface area contributed by atoms with Gasteiger partial charge in [-0.15, -0.1) is 0 Å². The van der Waals surface area contributed by atoms with E-state index in [9.17, 15) is 9.90 Å². The lowest BCUT2D eigenvalue weighted by atomic mass is 9.95. The standard InChI is InChI=1S/C12H18N4O2/c1-12(18)3-2-4-16(7-12)10-5-8(11(14)17)9(13)6-15-10/h5-6,18H,2-4,7,13H2,1H3,(H2,14,17). The zero-order valence-electron chi connectivity index (χ0n) is 10.4. The van der Waals surface area contributed by atoms with Crippen molar-refractivity contribution < 1.29 is 9.90 Å². The van der Waals surface area contributed by atoms with E-state index in [1.165, 1.54) is 6.20 Å². The minimum Gasteiger partial charge on any atom is -0.397 e. The van der Waals surface area contributed by atoms with E-state index in [1.54, 1.807) is 13.0 Å². The third-order valence-corrected chi connectivity index (χ3v) is 3.18. The molecule has 5 N–H and O–H groups in total. The summed E-state index contributed by atoms with van der Waals surface area (Å²) in [5.41, 5.74) is 10.7. The lowest BCUT2D eigenvalue weighted by Gasteiger charge is -2.37. The highest BCUT2D eigenvalue weighted by molar-refractivity contribution is 5.98. The number of hydrogen-bond donors (Lipinski definition) is 3. The molecule has 6 heteroatoms. The predicted molar refractivity (Wildman–Crippen MR) is 69.2 cm³/mol. The average molecular weight is 250 g/mol. The number of nitrogens with two attached hydrogens (primary N) is 2. The highest BCUT2D eigenvalue weighted by Crippen LogP contribution is 2.25. The Hall–Kier alpha value is -1.82. The van der Waals surface area contributed by atoms with Gasteiger partial charge in [-0.1, -0.05) is 0 Å². The van der Waals surface area contributed by atoms with Gasteiger partial charge >= 0.3 is 0 Å². The zero-order valence-corrected chi connectivity index (χ0v) is 10.4. The second-order valence-corrected chi connectivity index (χ2v) is 5.02. The Morgan fingerprint density at radius 1 is 1.61 bits per heavy atom. The molecule has 1 unspecified atom stereocenters. The number of carbonyl (C=O) groups excluding carboxylic acids is 1. The SMILES string of the molecule is CC1(O)CCCN(c2cc(C(N)=O)c(N)cn2)C1. The molecule has 1 aliphatic heterocycles. The normalized spacial score (nSPS) is 24.0. The third kappa shape index (κ3) is 2.53. The molecule has 1 saturated heterocycles. The van der Waals surface area contributed by atoms with Crippen LogP contribution in [-0.4, -0.2) is 34.7 Å². The predicted octanol–water partition coefficient (Wildman–Crippen LogP) is 0.114. The van der Waals surface area contributed by atoms with Gasteiger partial charge in [0.2, 0.25) is 0 Å². The molecule has 0 bridgehead atoms. The van der Waals surface area contributed by atoms with Gasteiger partial charge in [0, 0.05) is 13.1 Å². The van der Waals surface area contributed by atoms with Gasteiger partial charge in [-0.3, -0.25) is 4.79 Å². The number of anilines is 2. The van der Waals surface area contributed by atoms with Gasteiger partial charge < -0.3 is 21.5 Å². The molecule has 1 aromatic rings. The van der Waals surface area contributed by atoms with Crippen molar-refractivity contribution in [1.82, 2.24) is 4.98 Å². The van der Waals surface area contributed by atoms with Crippen molar-refractivity contribution >= 4 is 17.4 Å². The third-order valence-electron chi connectivity index (χ3n) is 3.18. The van der Waals surface area contributed by atoms with E-state index in [0.29, 0.717) is 12.4 Å². The summed E-state index contributed by atoms with van der Waals surface area (Å²) in [6.07, 6.45) is 3.07. The molecule has 0 radical (unpaired) electrons. The Morgan fingerprint density at radius 3 is 2.94 bits per heavy atom. The van der Waals surface area contributed by atoms with Crippen LogP contribution in [-0.2, 0) is 0 Å². The van der Waals surface area contributed by atoms with Gasteiger partial charge in [-0.2, -0.15) is 0 Å². The summed E-state index contributed by atoms with van der Waals surface area (Å²) in [6.45, 7) is 3.08. The van der Waals surface area contributed by atoms with Crippen LogP contribution in [0.1, 0.15) is 30.1 Å². The summed E-state index contributed by atoms with van der Waals surface area (Å²) in [6, 6.07) is 1.58. The van der Waals surface area contributed by atoms with E-state index < -0.39 is 11.5 Å². The smallest absolute Gasteiger partial charge is 0.250 e. The van der Waals surface area contributed by atoms with E-state index in [-0.39, 0.29) is 11.3 Å². The first-order valence-corrected chi connectivity index (χ1v) is 5.92. The Kier molecular flexibility index (Phi) is 3.13. The first-order chi connectivity index (χ1) is 8.39. The number of piperidine rings is 1. The van der Waals surface area contributed by atoms with Crippen molar-refractivity contribution in [3.63, 3.8) is 0 Å².